The molecule has 0 saturated carbocycles. The largest absolute Gasteiger partial charge is 0.330 e. The molecule has 0 aliphatic rings. The topological polar surface area (TPSA) is 52.0 Å². The lowest BCUT2D eigenvalue weighted by Gasteiger charge is -2.15. The van der Waals surface area contributed by atoms with Crippen LogP contribution >= 0.6 is 0 Å². The van der Waals surface area contributed by atoms with Crippen LogP contribution in [0.4, 0.5) is 0 Å². The fourth-order valence-electron chi connectivity index (χ4n) is 1.91. The Morgan fingerprint density at radius 3 is 2.53 bits per heavy atom. The Labute approximate surface area is 92.7 Å². The number of hydrogen-bond acceptors (Lipinski definition) is 2. The molecular weight excluding hydrogens is 184 g/mol. The lowest BCUT2D eigenvalue weighted by molar-refractivity contribution is 0.589. The summed E-state index contributed by atoms with van der Waals surface area (Å²) in [6.45, 7) is 5.00. The van der Waals surface area contributed by atoms with E-state index in [4.69, 9.17) is 11.5 Å². The normalized spacial score (nSPS) is 12.8. The Hall–Kier alpha value is -0.860. The van der Waals surface area contributed by atoms with E-state index < -0.39 is 0 Å². The Balaban J connectivity index is 2.61. The zero-order chi connectivity index (χ0) is 11.3. The molecule has 2 heteroatoms. The molecule has 1 atom stereocenters. The van der Waals surface area contributed by atoms with Gasteiger partial charge in [-0.05, 0) is 44.4 Å². The average molecular weight is 206 g/mol. The Kier molecular flexibility index (Phi) is 4.79. The molecule has 0 aliphatic carbocycles. The highest BCUT2D eigenvalue weighted by atomic mass is 14.6. The molecule has 0 saturated heterocycles. The van der Waals surface area contributed by atoms with Crippen molar-refractivity contribution in [3.05, 3.63) is 34.9 Å². The fraction of sp³-hybridized carbons (Fsp3) is 0.538. The Bertz CT molecular complexity index is 307. The summed E-state index contributed by atoms with van der Waals surface area (Å²) < 4.78 is 0. The molecule has 0 fully saturated rings. The van der Waals surface area contributed by atoms with Crippen LogP contribution < -0.4 is 11.5 Å². The molecule has 15 heavy (non-hydrogen) atoms. The van der Waals surface area contributed by atoms with Crippen LogP contribution in [0.2, 0.25) is 0 Å². The van der Waals surface area contributed by atoms with E-state index >= 15 is 0 Å². The highest BCUT2D eigenvalue weighted by Crippen LogP contribution is 2.21. The minimum Gasteiger partial charge on any atom is -0.330 e. The quantitative estimate of drug-likeness (QED) is 0.727. The van der Waals surface area contributed by atoms with Crippen LogP contribution in [-0.2, 0) is 0 Å². The molecule has 2 nitrogen and oxygen atoms in total. The molecule has 84 valence electrons. The SMILES string of the molecule is Cc1ccc([C@@H](N)CCCCN)c(C)c1. The van der Waals surface area contributed by atoms with Gasteiger partial charge in [-0.3, -0.25) is 0 Å². The van der Waals surface area contributed by atoms with Crippen LogP contribution in [0.1, 0.15) is 42.0 Å². The monoisotopic (exact) mass is 206 g/mol. The molecule has 0 radical (unpaired) electrons. The van der Waals surface area contributed by atoms with Gasteiger partial charge in [-0.1, -0.05) is 30.2 Å². The van der Waals surface area contributed by atoms with Crippen molar-refractivity contribution in [1.29, 1.82) is 0 Å². The van der Waals surface area contributed by atoms with E-state index in [0.717, 1.165) is 25.8 Å². The van der Waals surface area contributed by atoms with Gasteiger partial charge in [-0.15, -0.1) is 0 Å². The van der Waals surface area contributed by atoms with Gasteiger partial charge >= 0.3 is 0 Å². The van der Waals surface area contributed by atoms with Crippen LogP contribution in [0.5, 0.6) is 0 Å². The number of aryl methyl sites for hydroxylation is 2. The summed E-state index contributed by atoms with van der Waals surface area (Å²) in [4.78, 5) is 0. The number of rotatable bonds is 5. The second kappa shape index (κ2) is 5.89. The van der Waals surface area contributed by atoms with E-state index in [1.165, 1.54) is 16.7 Å². The molecule has 4 N–H and O–H groups in total. The summed E-state index contributed by atoms with van der Waals surface area (Å²) in [7, 11) is 0. The van der Waals surface area contributed by atoms with Crippen molar-refractivity contribution >= 4 is 0 Å². The van der Waals surface area contributed by atoms with Crippen molar-refractivity contribution in [2.45, 2.75) is 39.2 Å². The second-order valence-corrected chi connectivity index (χ2v) is 4.25. The fourth-order valence-corrected chi connectivity index (χ4v) is 1.91. The number of unbranched alkanes of at least 4 members (excludes halogenated alkanes) is 1. The van der Waals surface area contributed by atoms with Gasteiger partial charge in [0.25, 0.3) is 0 Å². The molecular formula is C13H22N2. The van der Waals surface area contributed by atoms with Gasteiger partial charge in [0, 0.05) is 6.04 Å². The third-order valence-corrected chi connectivity index (χ3v) is 2.79. The van der Waals surface area contributed by atoms with Gasteiger partial charge in [0.05, 0.1) is 0 Å². The first kappa shape index (κ1) is 12.2. The van der Waals surface area contributed by atoms with Gasteiger partial charge in [-0.2, -0.15) is 0 Å². The van der Waals surface area contributed by atoms with Gasteiger partial charge < -0.3 is 11.5 Å². The maximum atomic E-state index is 6.15. The number of benzene rings is 1. The summed E-state index contributed by atoms with van der Waals surface area (Å²) in [6.07, 6.45) is 3.21. The van der Waals surface area contributed by atoms with E-state index in [1.807, 2.05) is 0 Å². The van der Waals surface area contributed by atoms with Crippen LogP contribution in [0.3, 0.4) is 0 Å². The predicted molar refractivity (Wildman–Crippen MR) is 65.7 cm³/mol. The molecule has 0 aromatic heterocycles. The van der Waals surface area contributed by atoms with Crippen molar-refractivity contribution in [3.8, 4) is 0 Å². The molecule has 1 rings (SSSR count). The third kappa shape index (κ3) is 3.65. The van der Waals surface area contributed by atoms with E-state index in [2.05, 4.69) is 32.0 Å². The van der Waals surface area contributed by atoms with Crippen LogP contribution in [0.25, 0.3) is 0 Å². The van der Waals surface area contributed by atoms with Crippen molar-refractivity contribution in [3.63, 3.8) is 0 Å². The number of nitrogens with two attached hydrogens (primary N) is 2. The van der Waals surface area contributed by atoms with Crippen molar-refractivity contribution in [2.24, 2.45) is 11.5 Å². The molecule has 0 spiro atoms. The minimum absolute atomic E-state index is 0.164. The molecule has 1 aromatic rings. The smallest absolute Gasteiger partial charge is 0.0297 e. The van der Waals surface area contributed by atoms with Crippen molar-refractivity contribution in [1.82, 2.24) is 0 Å². The lowest BCUT2D eigenvalue weighted by atomic mass is 9.96. The average Bonchev–Trinajstić information content (AvgIpc) is 2.17. The first-order valence-electron chi connectivity index (χ1n) is 5.68. The van der Waals surface area contributed by atoms with Crippen LogP contribution in [-0.4, -0.2) is 6.54 Å². The molecule has 0 heterocycles. The van der Waals surface area contributed by atoms with Crippen LogP contribution in [0, 0.1) is 13.8 Å². The first-order valence-corrected chi connectivity index (χ1v) is 5.68. The summed E-state index contributed by atoms with van der Waals surface area (Å²) in [5.41, 5.74) is 15.5. The first-order chi connectivity index (χ1) is 7.15. The van der Waals surface area contributed by atoms with Crippen molar-refractivity contribution in [2.75, 3.05) is 6.54 Å². The van der Waals surface area contributed by atoms with Gasteiger partial charge in [0.15, 0.2) is 0 Å². The van der Waals surface area contributed by atoms with Gasteiger partial charge in [0.2, 0.25) is 0 Å². The third-order valence-electron chi connectivity index (χ3n) is 2.79. The summed E-state index contributed by atoms with van der Waals surface area (Å²) >= 11 is 0. The lowest BCUT2D eigenvalue weighted by Crippen LogP contribution is -2.12. The van der Waals surface area contributed by atoms with Gasteiger partial charge in [0.1, 0.15) is 0 Å². The Morgan fingerprint density at radius 2 is 1.93 bits per heavy atom. The van der Waals surface area contributed by atoms with Crippen molar-refractivity contribution < 1.29 is 0 Å². The predicted octanol–water partition coefficient (Wildman–Crippen LogP) is 2.43. The zero-order valence-electron chi connectivity index (χ0n) is 9.79. The highest BCUT2D eigenvalue weighted by molar-refractivity contribution is 5.32. The van der Waals surface area contributed by atoms with E-state index in [0.29, 0.717) is 0 Å². The molecule has 0 aliphatic heterocycles. The molecule has 0 amide bonds. The second-order valence-electron chi connectivity index (χ2n) is 4.25. The molecule has 1 aromatic carbocycles. The standard InChI is InChI=1S/C13H22N2/c1-10-6-7-12(11(2)9-10)13(15)5-3-4-8-14/h6-7,9,13H,3-5,8,14-15H2,1-2H3/t13-/m0/s1. The maximum Gasteiger partial charge on any atom is 0.0297 e. The highest BCUT2D eigenvalue weighted by Gasteiger charge is 2.08. The summed E-state index contributed by atoms with van der Waals surface area (Å²) in [5.74, 6) is 0. The van der Waals surface area contributed by atoms with Gasteiger partial charge in [-0.25, -0.2) is 0 Å². The summed E-state index contributed by atoms with van der Waals surface area (Å²) in [5, 5.41) is 0. The number of hydrogen-bond donors (Lipinski definition) is 2. The maximum absolute atomic E-state index is 6.15. The van der Waals surface area contributed by atoms with E-state index in [9.17, 15) is 0 Å². The van der Waals surface area contributed by atoms with Crippen LogP contribution in [0.15, 0.2) is 18.2 Å². The summed E-state index contributed by atoms with van der Waals surface area (Å²) in [6, 6.07) is 6.64. The van der Waals surface area contributed by atoms with E-state index in [-0.39, 0.29) is 6.04 Å². The Morgan fingerprint density at radius 1 is 1.20 bits per heavy atom. The van der Waals surface area contributed by atoms with E-state index in [1.54, 1.807) is 0 Å². The zero-order valence-corrected chi connectivity index (χ0v) is 9.79. The molecule has 0 bridgehead atoms. The molecule has 0 unspecified atom stereocenters. The minimum atomic E-state index is 0.164.